The Kier molecular flexibility index (Phi) is 4.09. The average Bonchev–Trinajstić information content (AvgIpc) is 2.71. The summed E-state index contributed by atoms with van der Waals surface area (Å²) in [7, 11) is 1.31. The van der Waals surface area contributed by atoms with E-state index in [-0.39, 0.29) is 36.7 Å². The molecule has 0 spiro atoms. The van der Waals surface area contributed by atoms with Crippen molar-refractivity contribution in [3.8, 4) is 0 Å². The minimum atomic E-state index is -0.763. The fraction of sp³-hybridized carbons (Fsp3) is 0.727. The van der Waals surface area contributed by atoms with Crippen LogP contribution in [-0.2, 0) is 19.1 Å². The molecule has 6 heteroatoms. The third-order valence-corrected chi connectivity index (χ3v) is 2.79. The lowest BCUT2D eigenvalue weighted by molar-refractivity contribution is -0.150. The highest BCUT2D eigenvalue weighted by molar-refractivity contribution is 5.89. The van der Waals surface area contributed by atoms with Crippen LogP contribution < -0.4 is 10.6 Å². The standard InChI is InChI=1S/C11H18N2O4/c1-11(2,10(16)17-3)6-13-9(15)7-4-8(14)12-5-7/h7H,4-6H2,1-3H3,(H,12,14)(H,13,15). The highest BCUT2D eigenvalue weighted by Crippen LogP contribution is 2.16. The number of hydrogen-bond acceptors (Lipinski definition) is 4. The molecule has 1 rings (SSSR count). The van der Waals surface area contributed by atoms with E-state index >= 15 is 0 Å². The van der Waals surface area contributed by atoms with Crippen LogP contribution in [0.4, 0.5) is 0 Å². The van der Waals surface area contributed by atoms with E-state index in [1.807, 2.05) is 0 Å². The molecule has 1 saturated heterocycles. The number of ether oxygens (including phenoxy) is 1. The van der Waals surface area contributed by atoms with Crippen LogP contribution in [0.5, 0.6) is 0 Å². The SMILES string of the molecule is COC(=O)C(C)(C)CNC(=O)C1CNC(=O)C1. The molecule has 2 N–H and O–H groups in total. The van der Waals surface area contributed by atoms with Gasteiger partial charge in [0.2, 0.25) is 11.8 Å². The largest absolute Gasteiger partial charge is 0.469 e. The van der Waals surface area contributed by atoms with Crippen LogP contribution >= 0.6 is 0 Å². The van der Waals surface area contributed by atoms with Crippen LogP contribution in [0, 0.1) is 11.3 Å². The summed E-state index contributed by atoms with van der Waals surface area (Å²) in [5.74, 6) is -1.04. The Labute approximate surface area is 100 Å². The second-order valence-corrected chi connectivity index (χ2v) is 4.80. The molecule has 1 heterocycles. The lowest BCUT2D eigenvalue weighted by Crippen LogP contribution is -2.42. The van der Waals surface area contributed by atoms with E-state index in [2.05, 4.69) is 15.4 Å². The molecular weight excluding hydrogens is 224 g/mol. The molecule has 6 nitrogen and oxygen atoms in total. The molecule has 0 radical (unpaired) electrons. The first-order chi connectivity index (χ1) is 7.86. The van der Waals surface area contributed by atoms with Gasteiger partial charge in [-0.15, -0.1) is 0 Å². The first-order valence-corrected chi connectivity index (χ1v) is 5.49. The van der Waals surface area contributed by atoms with E-state index in [0.29, 0.717) is 6.54 Å². The molecule has 0 bridgehead atoms. The van der Waals surface area contributed by atoms with E-state index in [0.717, 1.165) is 0 Å². The third-order valence-electron chi connectivity index (χ3n) is 2.79. The topological polar surface area (TPSA) is 84.5 Å². The Bertz CT molecular complexity index is 338. The molecule has 0 saturated carbocycles. The average molecular weight is 242 g/mol. The van der Waals surface area contributed by atoms with Crippen molar-refractivity contribution in [3.05, 3.63) is 0 Å². The first-order valence-electron chi connectivity index (χ1n) is 5.49. The van der Waals surface area contributed by atoms with E-state index < -0.39 is 5.41 Å². The number of amides is 2. The fourth-order valence-electron chi connectivity index (χ4n) is 1.59. The van der Waals surface area contributed by atoms with Gasteiger partial charge in [-0.3, -0.25) is 14.4 Å². The van der Waals surface area contributed by atoms with Crippen LogP contribution in [-0.4, -0.2) is 38.0 Å². The second-order valence-electron chi connectivity index (χ2n) is 4.80. The van der Waals surface area contributed by atoms with Crippen LogP contribution in [0.2, 0.25) is 0 Å². The molecule has 0 aliphatic carbocycles. The van der Waals surface area contributed by atoms with E-state index in [1.165, 1.54) is 7.11 Å². The van der Waals surface area contributed by atoms with Gasteiger partial charge in [0.25, 0.3) is 0 Å². The highest BCUT2D eigenvalue weighted by atomic mass is 16.5. The van der Waals surface area contributed by atoms with Crippen molar-refractivity contribution in [2.45, 2.75) is 20.3 Å². The third kappa shape index (κ3) is 3.44. The van der Waals surface area contributed by atoms with Crippen molar-refractivity contribution in [2.75, 3.05) is 20.2 Å². The molecule has 1 atom stereocenters. The van der Waals surface area contributed by atoms with Gasteiger partial charge < -0.3 is 15.4 Å². The van der Waals surface area contributed by atoms with Crippen molar-refractivity contribution in [2.24, 2.45) is 11.3 Å². The maximum Gasteiger partial charge on any atom is 0.313 e. The van der Waals surface area contributed by atoms with E-state index in [9.17, 15) is 14.4 Å². The molecule has 1 unspecified atom stereocenters. The smallest absolute Gasteiger partial charge is 0.313 e. The molecule has 0 aromatic carbocycles. The van der Waals surface area contributed by atoms with Crippen molar-refractivity contribution < 1.29 is 19.1 Å². The van der Waals surface area contributed by atoms with Crippen LogP contribution in [0.15, 0.2) is 0 Å². The van der Waals surface area contributed by atoms with Gasteiger partial charge >= 0.3 is 5.97 Å². The number of rotatable bonds is 4. The lowest BCUT2D eigenvalue weighted by Gasteiger charge is -2.22. The summed E-state index contributed by atoms with van der Waals surface area (Å²) in [6.45, 7) is 3.95. The van der Waals surface area contributed by atoms with Crippen molar-refractivity contribution in [1.82, 2.24) is 10.6 Å². The zero-order valence-electron chi connectivity index (χ0n) is 10.3. The second kappa shape index (κ2) is 5.16. The van der Waals surface area contributed by atoms with Crippen LogP contribution in [0.1, 0.15) is 20.3 Å². The Balaban J connectivity index is 2.42. The molecule has 1 aliphatic rings. The minimum Gasteiger partial charge on any atom is -0.469 e. The maximum absolute atomic E-state index is 11.7. The molecule has 1 aliphatic heterocycles. The fourth-order valence-corrected chi connectivity index (χ4v) is 1.59. The van der Waals surface area contributed by atoms with E-state index in [1.54, 1.807) is 13.8 Å². The summed E-state index contributed by atoms with van der Waals surface area (Å²) in [5.41, 5.74) is -0.763. The summed E-state index contributed by atoms with van der Waals surface area (Å²) in [4.78, 5) is 34.0. The summed E-state index contributed by atoms with van der Waals surface area (Å²) in [5, 5.41) is 5.26. The predicted molar refractivity (Wildman–Crippen MR) is 59.9 cm³/mol. The number of esters is 1. The van der Waals surface area contributed by atoms with Gasteiger partial charge in [-0.2, -0.15) is 0 Å². The van der Waals surface area contributed by atoms with Gasteiger partial charge in [0, 0.05) is 19.5 Å². The number of nitrogens with one attached hydrogen (secondary N) is 2. The molecule has 2 amide bonds. The normalized spacial score (nSPS) is 19.7. The van der Waals surface area contributed by atoms with Crippen LogP contribution in [0.3, 0.4) is 0 Å². The van der Waals surface area contributed by atoms with Gasteiger partial charge in [0.15, 0.2) is 0 Å². The lowest BCUT2D eigenvalue weighted by atomic mass is 9.93. The predicted octanol–water partition coefficient (Wildman–Crippen LogP) is -0.562. The van der Waals surface area contributed by atoms with Gasteiger partial charge in [0.1, 0.15) is 0 Å². The minimum absolute atomic E-state index is 0.114. The zero-order valence-corrected chi connectivity index (χ0v) is 10.3. The summed E-state index contributed by atoms with van der Waals surface area (Å²) in [6, 6.07) is 0. The van der Waals surface area contributed by atoms with Gasteiger partial charge in [-0.25, -0.2) is 0 Å². The Hall–Kier alpha value is -1.59. The number of carbonyl (C=O) groups excluding carboxylic acids is 3. The number of methoxy groups -OCH3 is 1. The molecule has 1 fully saturated rings. The maximum atomic E-state index is 11.7. The first kappa shape index (κ1) is 13.5. The molecular formula is C11H18N2O4. The van der Waals surface area contributed by atoms with Gasteiger partial charge in [-0.05, 0) is 13.8 Å². The zero-order chi connectivity index (χ0) is 13.1. The summed E-state index contributed by atoms with van der Waals surface area (Å²) < 4.78 is 4.63. The molecule has 17 heavy (non-hydrogen) atoms. The summed E-state index contributed by atoms with van der Waals surface area (Å²) in [6.07, 6.45) is 0.213. The number of hydrogen-bond donors (Lipinski definition) is 2. The Morgan fingerprint density at radius 3 is 2.65 bits per heavy atom. The molecule has 0 aromatic rings. The Morgan fingerprint density at radius 1 is 1.53 bits per heavy atom. The number of carbonyl (C=O) groups is 3. The van der Waals surface area contributed by atoms with Crippen LogP contribution in [0.25, 0.3) is 0 Å². The quantitative estimate of drug-likeness (QED) is 0.647. The van der Waals surface area contributed by atoms with Gasteiger partial charge in [0.05, 0.1) is 18.4 Å². The van der Waals surface area contributed by atoms with E-state index in [4.69, 9.17) is 0 Å². The van der Waals surface area contributed by atoms with Crippen molar-refractivity contribution >= 4 is 17.8 Å². The molecule has 0 aromatic heterocycles. The summed E-state index contributed by atoms with van der Waals surface area (Å²) >= 11 is 0. The van der Waals surface area contributed by atoms with Crippen molar-refractivity contribution in [1.29, 1.82) is 0 Å². The monoisotopic (exact) mass is 242 g/mol. The van der Waals surface area contributed by atoms with Gasteiger partial charge in [-0.1, -0.05) is 0 Å². The van der Waals surface area contributed by atoms with Crippen molar-refractivity contribution in [3.63, 3.8) is 0 Å². The highest BCUT2D eigenvalue weighted by Gasteiger charge is 2.32. The Morgan fingerprint density at radius 2 is 2.18 bits per heavy atom. The molecule has 96 valence electrons.